The van der Waals surface area contributed by atoms with Crippen LogP contribution in [0, 0.1) is 23.4 Å². The Hall–Kier alpha value is -3.35. The first-order valence-corrected chi connectivity index (χ1v) is 9.49. The van der Waals surface area contributed by atoms with Gasteiger partial charge in [0.2, 0.25) is 0 Å². The number of H-pyrrole nitrogens is 1. The molecule has 0 spiro atoms. The predicted molar refractivity (Wildman–Crippen MR) is 111 cm³/mol. The quantitative estimate of drug-likeness (QED) is 0.502. The molecule has 1 aromatic heterocycles. The lowest BCUT2D eigenvalue weighted by atomic mass is 10.0. The predicted octanol–water partition coefficient (Wildman–Crippen LogP) is 5.74. The number of aromatic nitrogens is 2. The minimum absolute atomic E-state index is 0.0691. The highest BCUT2D eigenvalue weighted by Gasteiger charge is 2.26. The van der Waals surface area contributed by atoms with Gasteiger partial charge in [0.05, 0.1) is 5.69 Å². The van der Waals surface area contributed by atoms with E-state index in [0.717, 1.165) is 16.8 Å². The van der Waals surface area contributed by atoms with Gasteiger partial charge in [0.1, 0.15) is 23.0 Å². The Bertz CT molecular complexity index is 1040. The zero-order valence-corrected chi connectivity index (χ0v) is 16.8. The molecule has 0 saturated carbocycles. The molecule has 3 aromatic rings. The van der Waals surface area contributed by atoms with Crippen molar-refractivity contribution in [1.82, 2.24) is 10.2 Å². The van der Waals surface area contributed by atoms with Crippen molar-refractivity contribution >= 4 is 11.6 Å². The second-order valence-electron chi connectivity index (χ2n) is 7.50. The van der Waals surface area contributed by atoms with E-state index in [0.29, 0.717) is 30.2 Å². The maximum absolute atomic E-state index is 14.3. The Morgan fingerprint density at radius 3 is 2.43 bits per heavy atom. The maximum atomic E-state index is 14.3. The SMILES string of the molecule is C=C(CC(C)C)CN(C(=O)c1c(F)cc(F)cc1F)c1cccc(-c2ccn[nH]2)c1. The molecule has 0 aliphatic rings. The Labute approximate surface area is 173 Å². The average Bonchev–Trinajstić information content (AvgIpc) is 3.19. The zero-order valence-electron chi connectivity index (χ0n) is 16.8. The number of nitrogens with one attached hydrogen (secondary N) is 1. The molecule has 0 atom stereocenters. The number of aromatic amines is 1. The number of halogens is 3. The Morgan fingerprint density at radius 2 is 1.83 bits per heavy atom. The van der Waals surface area contributed by atoms with Crippen LogP contribution in [0.2, 0.25) is 0 Å². The summed E-state index contributed by atoms with van der Waals surface area (Å²) in [6.45, 7) is 8.10. The van der Waals surface area contributed by atoms with Crippen LogP contribution in [0.1, 0.15) is 30.6 Å². The summed E-state index contributed by atoms with van der Waals surface area (Å²) >= 11 is 0. The molecule has 0 radical (unpaired) electrons. The molecule has 1 N–H and O–H groups in total. The van der Waals surface area contributed by atoms with E-state index in [1.54, 1.807) is 30.5 Å². The van der Waals surface area contributed by atoms with Crippen molar-refractivity contribution < 1.29 is 18.0 Å². The number of carbonyl (C=O) groups is 1. The van der Waals surface area contributed by atoms with E-state index >= 15 is 0 Å². The Kier molecular flexibility index (Phi) is 6.40. The minimum Gasteiger partial charge on any atom is -0.304 e. The standard InChI is InChI=1S/C23H22F3N3O/c1-14(2)9-15(3)13-29(23(30)22-19(25)11-17(24)12-20(22)26)18-6-4-5-16(10-18)21-7-8-27-28-21/h4-8,10-12,14H,3,9,13H2,1-2H3,(H,27,28). The van der Waals surface area contributed by atoms with Gasteiger partial charge in [-0.15, -0.1) is 0 Å². The molecular formula is C23H22F3N3O. The summed E-state index contributed by atoms with van der Waals surface area (Å²) in [4.78, 5) is 14.4. The van der Waals surface area contributed by atoms with Gasteiger partial charge in [-0.05, 0) is 30.5 Å². The van der Waals surface area contributed by atoms with Crippen LogP contribution >= 0.6 is 0 Å². The fraction of sp³-hybridized carbons (Fsp3) is 0.217. The highest BCUT2D eigenvalue weighted by molar-refractivity contribution is 6.07. The second kappa shape index (κ2) is 8.98. The summed E-state index contributed by atoms with van der Waals surface area (Å²) in [7, 11) is 0. The van der Waals surface area contributed by atoms with Crippen molar-refractivity contribution in [3.05, 3.63) is 83.8 Å². The van der Waals surface area contributed by atoms with Crippen LogP contribution in [0.5, 0.6) is 0 Å². The molecule has 3 rings (SSSR count). The zero-order chi connectivity index (χ0) is 21.8. The molecule has 4 nitrogen and oxygen atoms in total. The molecule has 30 heavy (non-hydrogen) atoms. The molecule has 2 aromatic carbocycles. The summed E-state index contributed by atoms with van der Waals surface area (Å²) in [5.41, 5.74) is 1.83. The summed E-state index contributed by atoms with van der Waals surface area (Å²) < 4.78 is 42.0. The van der Waals surface area contributed by atoms with Gasteiger partial charge in [0.15, 0.2) is 0 Å². The average molecular weight is 413 g/mol. The van der Waals surface area contributed by atoms with Crippen molar-refractivity contribution in [3.63, 3.8) is 0 Å². The first-order valence-electron chi connectivity index (χ1n) is 9.49. The maximum Gasteiger partial charge on any atom is 0.264 e. The molecule has 0 aliphatic carbocycles. The second-order valence-corrected chi connectivity index (χ2v) is 7.50. The molecule has 0 aliphatic heterocycles. The highest BCUT2D eigenvalue weighted by atomic mass is 19.1. The van der Waals surface area contributed by atoms with E-state index in [9.17, 15) is 18.0 Å². The third kappa shape index (κ3) is 4.79. The summed E-state index contributed by atoms with van der Waals surface area (Å²) in [6, 6.07) is 9.70. The fourth-order valence-corrected chi connectivity index (χ4v) is 3.29. The Morgan fingerprint density at radius 1 is 1.13 bits per heavy atom. The van der Waals surface area contributed by atoms with Crippen LogP contribution in [0.4, 0.5) is 18.9 Å². The first-order chi connectivity index (χ1) is 14.3. The Balaban J connectivity index is 2.04. The van der Waals surface area contributed by atoms with Gasteiger partial charge < -0.3 is 4.90 Å². The molecule has 0 saturated heterocycles. The number of carbonyl (C=O) groups excluding carboxylic acids is 1. The van der Waals surface area contributed by atoms with E-state index in [1.165, 1.54) is 4.90 Å². The molecule has 1 heterocycles. The monoisotopic (exact) mass is 413 g/mol. The van der Waals surface area contributed by atoms with Crippen molar-refractivity contribution in [2.75, 3.05) is 11.4 Å². The molecule has 7 heteroatoms. The molecule has 0 unspecified atom stereocenters. The third-order valence-electron chi connectivity index (χ3n) is 4.51. The summed E-state index contributed by atoms with van der Waals surface area (Å²) in [5.74, 6) is -4.19. The number of benzene rings is 2. The van der Waals surface area contributed by atoms with Gasteiger partial charge in [-0.2, -0.15) is 5.10 Å². The highest BCUT2D eigenvalue weighted by Crippen LogP contribution is 2.27. The van der Waals surface area contributed by atoms with Gasteiger partial charge in [0.25, 0.3) is 5.91 Å². The topological polar surface area (TPSA) is 49.0 Å². The van der Waals surface area contributed by atoms with Crippen molar-refractivity contribution in [2.45, 2.75) is 20.3 Å². The van der Waals surface area contributed by atoms with Gasteiger partial charge in [-0.25, -0.2) is 13.2 Å². The van der Waals surface area contributed by atoms with E-state index in [2.05, 4.69) is 16.8 Å². The third-order valence-corrected chi connectivity index (χ3v) is 4.51. The van der Waals surface area contributed by atoms with E-state index in [-0.39, 0.29) is 6.54 Å². The normalized spacial score (nSPS) is 11.0. The summed E-state index contributed by atoms with van der Waals surface area (Å²) in [6.07, 6.45) is 2.23. The van der Waals surface area contributed by atoms with Crippen molar-refractivity contribution in [2.24, 2.45) is 5.92 Å². The van der Waals surface area contributed by atoms with Crippen molar-refractivity contribution in [3.8, 4) is 11.3 Å². The smallest absolute Gasteiger partial charge is 0.264 e. The van der Waals surface area contributed by atoms with Crippen LogP contribution in [-0.2, 0) is 0 Å². The molecule has 0 fully saturated rings. The first kappa shape index (κ1) is 21.4. The number of anilines is 1. The molecule has 156 valence electrons. The van der Waals surface area contributed by atoms with E-state index in [1.807, 2.05) is 19.9 Å². The van der Waals surface area contributed by atoms with Gasteiger partial charge in [-0.3, -0.25) is 9.89 Å². The van der Waals surface area contributed by atoms with E-state index in [4.69, 9.17) is 0 Å². The lowest BCUT2D eigenvalue weighted by Crippen LogP contribution is -2.34. The molecule has 0 bridgehead atoms. The largest absolute Gasteiger partial charge is 0.304 e. The number of hydrogen-bond acceptors (Lipinski definition) is 2. The number of nitrogens with zero attached hydrogens (tertiary/aromatic N) is 2. The number of hydrogen-bond donors (Lipinski definition) is 1. The van der Waals surface area contributed by atoms with Crippen molar-refractivity contribution in [1.29, 1.82) is 0 Å². The van der Waals surface area contributed by atoms with Gasteiger partial charge in [-0.1, -0.05) is 38.1 Å². The van der Waals surface area contributed by atoms with Crippen LogP contribution in [-0.4, -0.2) is 22.6 Å². The molecular weight excluding hydrogens is 391 g/mol. The van der Waals surface area contributed by atoms with Gasteiger partial charge in [0, 0.05) is 36.1 Å². The lowest BCUT2D eigenvalue weighted by molar-refractivity contribution is 0.0980. The fourth-order valence-electron chi connectivity index (χ4n) is 3.29. The number of rotatable bonds is 7. The molecule has 1 amide bonds. The van der Waals surface area contributed by atoms with Crippen LogP contribution < -0.4 is 4.90 Å². The summed E-state index contributed by atoms with van der Waals surface area (Å²) in [5, 5.41) is 6.75. The van der Waals surface area contributed by atoms with E-state index < -0.39 is 28.9 Å². The lowest BCUT2D eigenvalue weighted by Gasteiger charge is -2.25. The number of amides is 1. The van der Waals surface area contributed by atoms with Gasteiger partial charge >= 0.3 is 0 Å². The van der Waals surface area contributed by atoms with Crippen LogP contribution in [0.15, 0.2) is 60.8 Å². The van der Waals surface area contributed by atoms with Crippen LogP contribution in [0.25, 0.3) is 11.3 Å². The van der Waals surface area contributed by atoms with Crippen LogP contribution in [0.3, 0.4) is 0 Å². The minimum atomic E-state index is -1.25.